The van der Waals surface area contributed by atoms with Crippen LogP contribution in [0.15, 0.2) is 17.0 Å². The third-order valence-electron chi connectivity index (χ3n) is 2.46. The molecule has 82 valence electrons. The first-order valence-electron chi connectivity index (χ1n) is 5.09. The first-order valence-corrected chi connectivity index (χ1v) is 5.96. The van der Waals surface area contributed by atoms with Gasteiger partial charge in [-0.25, -0.2) is 0 Å². The molecule has 2 rings (SSSR count). The number of fused-ring (bicyclic) bond motifs is 1. The minimum Gasteiger partial charge on any atom is -0.508 e. The van der Waals surface area contributed by atoms with Crippen LogP contribution in [0.1, 0.15) is 33.3 Å². The summed E-state index contributed by atoms with van der Waals surface area (Å²) < 4.78 is 5.65. The Kier molecular flexibility index (Phi) is 2.38. The van der Waals surface area contributed by atoms with Gasteiger partial charge in [-0.15, -0.1) is 0 Å². The molecule has 0 spiro atoms. The van der Waals surface area contributed by atoms with Gasteiger partial charge < -0.3 is 9.84 Å². The van der Waals surface area contributed by atoms with E-state index in [0.717, 1.165) is 16.2 Å². The molecule has 0 fully saturated rings. The Bertz CT molecular complexity index is 393. The first kappa shape index (κ1) is 10.7. The van der Waals surface area contributed by atoms with Crippen LogP contribution in [-0.4, -0.2) is 10.5 Å². The van der Waals surface area contributed by atoms with Crippen LogP contribution in [0.4, 0.5) is 0 Å². The lowest BCUT2D eigenvalue weighted by atomic mass is 9.86. The molecule has 1 unspecified atom stereocenters. The number of phenolic OH excluding ortho intramolecular Hbond substituents is 1. The van der Waals surface area contributed by atoms with Crippen molar-refractivity contribution in [1.82, 2.24) is 0 Å². The molecular formula is C12H16O2S. The quantitative estimate of drug-likeness (QED) is 0.731. The van der Waals surface area contributed by atoms with E-state index in [-0.39, 0.29) is 10.9 Å². The Balaban J connectivity index is 2.49. The van der Waals surface area contributed by atoms with Crippen LogP contribution < -0.4 is 4.74 Å². The molecule has 15 heavy (non-hydrogen) atoms. The van der Waals surface area contributed by atoms with Crippen molar-refractivity contribution in [3.63, 3.8) is 0 Å². The predicted molar refractivity (Wildman–Crippen MR) is 62.8 cm³/mol. The number of benzene rings is 1. The Morgan fingerprint density at radius 1 is 1.33 bits per heavy atom. The fourth-order valence-corrected chi connectivity index (χ4v) is 2.63. The van der Waals surface area contributed by atoms with Crippen LogP contribution in [0.2, 0.25) is 0 Å². The second kappa shape index (κ2) is 3.34. The summed E-state index contributed by atoms with van der Waals surface area (Å²) in [4.78, 5) is 1.04. The summed E-state index contributed by atoms with van der Waals surface area (Å²) in [6.45, 7) is 8.26. The maximum absolute atomic E-state index is 9.93. The Labute approximate surface area is 94.6 Å². The van der Waals surface area contributed by atoms with Crippen LogP contribution >= 0.6 is 11.8 Å². The predicted octanol–water partition coefficient (Wildman–Crippen LogP) is 3.52. The maximum Gasteiger partial charge on any atom is 0.146 e. The zero-order chi connectivity index (χ0) is 11.2. The molecule has 0 bridgehead atoms. The van der Waals surface area contributed by atoms with Crippen molar-refractivity contribution >= 4 is 11.8 Å². The minimum absolute atomic E-state index is 0.0566. The average molecular weight is 224 g/mol. The molecule has 0 amide bonds. The fraction of sp³-hybridized carbons (Fsp3) is 0.500. The molecule has 0 saturated carbocycles. The highest BCUT2D eigenvalue weighted by molar-refractivity contribution is 8.00. The monoisotopic (exact) mass is 224 g/mol. The highest BCUT2D eigenvalue weighted by Crippen LogP contribution is 2.45. The molecule has 1 heterocycles. The summed E-state index contributed by atoms with van der Waals surface area (Å²) in [5.74, 6) is 1.27. The second-order valence-electron chi connectivity index (χ2n) is 4.87. The van der Waals surface area contributed by atoms with Crippen molar-refractivity contribution in [2.75, 3.05) is 0 Å². The van der Waals surface area contributed by atoms with Gasteiger partial charge in [-0.3, -0.25) is 0 Å². The van der Waals surface area contributed by atoms with Gasteiger partial charge in [0.25, 0.3) is 0 Å². The topological polar surface area (TPSA) is 29.5 Å². The minimum atomic E-state index is -0.0566. The van der Waals surface area contributed by atoms with Crippen LogP contribution in [0, 0.1) is 0 Å². The van der Waals surface area contributed by atoms with Gasteiger partial charge in [0.1, 0.15) is 16.9 Å². The summed E-state index contributed by atoms with van der Waals surface area (Å²) in [5, 5.41) is 9.93. The lowest BCUT2D eigenvalue weighted by Gasteiger charge is -2.20. The molecule has 1 aliphatic rings. The molecule has 0 aliphatic carbocycles. The average Bonchev–Trinajstić information content (AvgIpc) is 2.40. The maximum atomic E-state index is 9.93. The Morgan fingerprint density at radius 2 is 2.00 bits per heavy atom. The van der Waals surface area contributed by atoms with Gasteiger partial charge >= 0.3 is 0 Å². The lowest BCUT2D eigenvalue weighted by molar-refractivity contribution is 0.312. The largest absolute Gasteiger partial charge is 0.508 e. The number of thioether (sulfide) groups is 1. The van der Waals surface area contributed by atoms with Crippen molar-refractivity contribution in [3.05, 3.63) is 17.7 Å². The summed E-state index contributed by atoms with van der Waals surface area (Å²) in [7, 11) is 0. The van der Waals surface area contributed by atoms with E-state index in [4.69, 9.17) is 4.74 Å². The van der Waals surface area contributed by atoms with E-state index in [1.165, 1.54) is 0 Å². The number of rotatable bonds is 0. The SMILES string of the molecule is CC1Oc2cc(C(C)(C)C)c(O)cc2S1. The summed E-state index contributed by atoms with van der Waals surface area (Å²) in [6, 6.07) is 3.77. The van der Waals surface area contributed by atoms with E-state index in [9.17, 15) is 5.11 Å². The number of hydrogen-bond donors (Lipinski definition) is 1. The molecule has 1 aromatic rings. The van der Waals surface area contributed by atoms with Gasteiger partial charge in [0, 0.05) is 5.56 Å². The van der Waals surface area contributed by atoms with Gasteiger partial charge in [-0.1, -0.05) is 32.5 Å². The van der Waals surface area contributed by atoms with Crippen molar-refractivity contribution in [2.45, 2.75) is 43.4 Å². The molecule has 2 nitrogen and oxygen atoms in total. The fourth-order valence-electron chi connectivity index (χ4n) is 1.72. The van der Waals surface area contributed by atoms with E-state index < -0.39 is 0 Å². The summed E-state index contributed by atoms with van der Waals surface area (Å²) >= 11 is 1.64. The number of hydrogen-bond acceptors (Lipinski definition) is 3. The molecule has 3 heteroatoms. The molecule has 1 N–H and O–H groups in total. The first-order chi connectivity index (χ1) is 6.88. The van der Waals surface area contributed by atoms with Crippen molar-refractivity contribution in [2.24, 2.45) is 0 Å². The molecule has 1 aromatic carbocycles. The van der Waals surface area contributed by atoms with E-state index in [1.807, 2.05) is 19.1 Å². The van der Waals surface area contributed by atoms with Crippen molar-refractivity contribution < 1.29 is 9.84 Å². The van der Waals surface area contributed by atoms with Crippen molar-refractivity contribution in [1.29, 1.82) is 0 Å². The normalized spacial score (nSPS) is 19.9. The zero-order valence-electron chi connectivity index (χ0n) is 9.50. The summed E-state index contributed by atoms with van der Waals surface area (Å²) in [6.07, 6.45) is 0. The molecule has 0 saturated heterocycles. The number of ether oxygens (including phenoxy) is 1. The standard InChI is InChI=1S/C12H16O2S/c1-7-14-10-5-8(12(2,3)4)9(13)6-11(10)15-7/h5-7,13H,1-4H3. The van der Waals surface area contributed by atoms with Gasteiger partial charge in [-0.2, -0.15) is 0 Å². The zero-order valence-corrected chi connectivity index (χ0v) is 10.3. The van der Waals surface area contributed by atoms with Crippen LogP contribution in [0.5, 0.6) is 11.5 Å². The highest BCUT2D eigenvalue weighted by atomic mass is 32.2. The van der Waals surface area contributed by atoms with E-state index in [1.54, 1.807) is 11.8 Å². The van der Waals surface area contributed by atoms with E-state index in [2.05, 4.69) is 20.8 Å². The van der Waals surface area contributed by atoms with Crippen LogP contribution in [0.25, 0.3) is 0 Å². The third-order valence-corrected chi connectivity index (χ3v) is 3.46. The Morgan fingerprint density at radius 3 is 2.60 bits per heavy atom. The smallest absolute Gasteiger partial charge is 0.146 e. The molecule has 1 atom stereocenters. The number of aromatic hydroxyl groups is 1. The van der Waals surface area contributed by atoms with Gasteiger partial charge in [0.2, 0.25) is 0 Å². The highest BCUT2D eigenvalue weighted by Gasteiger charge is 2.26. The third kappa shape index (κ3) is 1.93. The van der Waals surface area contributed by atoms with E-state index in [0.29, 0.717) is 5.75 Å². The number of phenols is 1. The van der Waals surface area contributed by atoms with Gasteiger partial charge in [-0.05, 0) is 24.5 Å². The van der Waals surface area contributed by atoms with Crippen LogP contribution in [0.3, 0.4) is 0 Å². The molecular weight excluding hydrogens is 208 g/mol. The van der Waals surface area contributed by atoms with Gasteiger partial charge in [0.05, 0.1) is 4.90 Å². The van der Waals surface area contributed by atoms with Crippen molar-refractivity contribution in [3.8, 4) is 11.5 Å². The van der Waals surface area contributed by atoms with E-state index >= 15 is 0 Å². The molecule has 0 radical (unpaired) electrons. The van der Waals surface area contributed by atoms with Gasteiger partial charge in [0.15, 0.2) is 0 Å². The lowest BCUT2D eigenvalue weighted by Crippen LogP contribution is -2.11. The molecule has 0 aromatic heterocycles. The summed E-state index contributed by atoms with van der Waals surface area (Å²) in [5.41, 5.74) is 1.03. The second-order valence-corrected chi connectivity index (χ2v) is 6.21. The molecule has 1 aliphatic heterocycles. The van der Waals surface area contributed by atoms with Crippen LogP contribution in [-0.2, 0) is 5.41 Å². The Hall–Kier alpha value is -0.830.